The van der Waals surface area contributed by atoms with Gasteiger partial charge in [0, 0.05) is 11.6 Å². The normalized spacial score (nSPS) is 31.9. The lowest BCUT2D eigenvalue weighted by Gasteiger charge is -2.38. The fourth-order valence-electron chi connectivity index (χ4n) is 4.83. The van der Waals surface area contributed by atoms with Crippen molar-refractivity contribution in [2.24, 2.45) is 0 Å². The molecule has 2 fully saturated rings. The van der Waals surface area contributed by atoms with Crippen LogP contribution in [-0.4, -0.2) is 95.8 Å². The second kappa shape index (κ2) is 9.80. The molecule has 3 aromatic rings. The van der Waals surface area contributed by atoms with Crippen LogP contribution in [-0.2, 0) is 9.47 Å². The number of aliphatic hydroxyl groups is 6. The fourth-order valence-corrected chi connectivity index (χ4v) is 4.83. The van der Waals surface area contributed by atoms with E-state index in [9.17, 15) is 50.8 Å². The molecule has 0 saturated carbocycles. The summed E-state index contributed by atoms with van der Waals surface area (Å²) in [5, 5.41) is 93.1. The van der Waals surface area contributed by atoms with Gasteiger partial charge in [0.2, 0.25) is 0 Å². The van der Waals surface area contributed by atoms with Crippen molar-refractivity contribution in [2.45, 2.75) is 48.8 Å². The maximum Gasteiger partial charge on any atom is 0.197 e. The maximum absolute atomic E-state index is 13.3. The van der Waals surface area contributed by atoms with E-state index in [2.05, 4.69) is 0 Å². The Labute approximate surface area is 213 Å². The summed E-state index contributed by atoms with van der Waals surface area (Å²) >= 11 is 0. The third-order valence-electron chi connectivity index (χ3n) is 6.92. The second-order valence-electron chi connectivity index (χ2n) is 9.36. The molecule has 5 rings (SSSR count). The van der Waals surface area contributed by atoms with Crippen molar-refractivity contribution in [3.8, 4) is 28.6 Å². The van der Waals surface area contributed by atoms with Crippen molar-refractivity contribution in [3.05, 3.63) is 51.7 Å². The standard InChI is InChI=1S/C25H26O13/c26-9-3-1-8(2-4-9)13-5-10(27)14-19(32)15(24-21(34)17(30)11(28)6-36-24)20(33)16(23(14)38-13)25-22(35)18(31)12(29)7-37-25/h1-5,11-12,17-18,21-22,24-26,28-35H,6-7H2/t11-,12+,17+,18+,21-,22-,24+,25-/m1/s1. The molecular formula is C25H26O13. The van der Waals surface area contributed by atoms with Crippen LogP contribution in [0.3, 0.4) is 0 Å². The van der Waals surface area contributed by atoms with E-state index >= 15 is 0 Å². The summed E-state index contributed by atoms with van der Waals surface area (Å²) in [6.07, 6.45) is -13.3. The molecule has 13 nitrogen and oxygen atoms in total. The molecule has 8 atom stereocenters. The number of hydrogen-bond acceptors (Lipinski definition) is 13. The summed E-state index contributed by atoms with van der Waals surface area (Å²) in [6.45, 7) is -0.966. The van der Waals surface area contributed by atoms with Gasteiger partial charge in [-0.2, -0.15) is 0 Å². The molecule has 2 aliphatic rings. The largest absolute Gasteiger partial charge is 0.508 e. The molecule has 0 unspecified atom stereocenters. The van der Waals surface area contributed by atoms with E-state index in [0.29, 0.717) is 5.56 Å². The molecule has 0 radical (unpaired) electrons. The Morgan fingerprint density at radius 1 is 0.684 bits per heavy atom. The first kappa shape index (κ1) is 26.3. The van der Waals surface area contributed by atoms with E-state index < -0.39 is 101 Å². The van der Waals surface area contributed by atoms with E-state index in [4.69, 9.17) is 13.9 Å². The molecule has 0 bridgehead atoms. The molecule has 0 aliphatic carbocycles. The molecule has 9 N–H and O–H groups in total. The zero-order valence-electron chi connectivity index (χ0n) is 19.6. The van der Waals surface area contributed by atoms with E-state index in [0.717, 1.165) is 6.07 Å². The van der Waals surface area contributed by atoms with Gasteiger partial charge in [-0.15, -0.1) is 0 Å². The first-order chi connectivity index (χ1) is 18.0. The van der Waals surface area contributed by atoms with Crippen molar-refractivity contribution in [1.29, 1.82) is 0 Å². The van der Waals surface area contributed by atoms with Crippen LogP contribution < -0.4 is 5.43 Å². The van der Waals surface area contributed by atoms with Crippen molar-refractivity contribution in [3.63, 3.8) is 0 Å². The van der Waals surface area contributed by atoms with E-state index in [-0.39, 0.29) is 11.5 Å². The maximum atomic E-state index is 13.3. The monoisotopic (exact) mass is 534 g/mol. The van der Waals surface area contributed by atoms with E-state index in [1.54, 1.807) is 0 Å². The van der Waals surface area contributed by atoms with Crippen LogP contribution in [0, 0.1) is 0 Å². The van der Waals surface area contributed by atoms with Crippen LogP contribution in [0.15, 0.2) is 39.5 Å². The molecule has 3 heterocycles. The van der Waals surface area contributed by atoms with Gasteiger partial charge < -0.3 is 59.8 Å². The number of fused-ring (bicyclic) bond motifs is 1. The predicted octanol–water partition coefficient (Wildman–Crippen LogP) is -1.12. The first-order valence-corrected chi connectivity index (χ1v) is 11.7. The van der Waals surface area contributed by atoms with Gasteiger partial charge >= 0.3 is 0 Å². The number of ether oxygens (including phenoxy) is 2. The first-order valence-electron chi connectivity index (χ1n) is 11.7. The predicted molar refractivity (Wildman–Crippen MR) is 126 cm³/mol. The molecule has 13 heteroatoms. The Morgan fingerprint density at radius 3 is 1.76 bits per heavy atom. The van der Waals surface area contributed by atoms with Gasteiger partial charge in [0.25, 0.3) is 0 Å². The molecule has 2 aromatic carbocycles. The molecule has 204 valence electrons. The van der Waals surface area contributed by atoms with E-state index in [1.807, 2.05) is 0 Å². The molecule has 38 heavy (non-hydrogen) atoms. The smallest absolute Gasteiger partial charge is 0.197 e. The number of phenols is 3. The molecule has 0 amide bonds. The van der Waals surface area contributed by atoms with Crippen LogP contribution >= 0.6 is 0 Å². The van der Waals surface area contributed by atoms with Crippen LogP contribution in [0.25, 0.3) is 22.3 Å². The Balaban J connectivity index is 1.80. The van der Waals surface area contributed by atoms with Gasteiger partial charge in [-0.1, -0.05) is 0 Å². The molecule has 2 aliphatic heterocycles. The Bertz CT molecular complexity index is 1400. The summed E-state index contributed by atoms with van der Waals surface area (Å²) in [6, 6.07) is 6.60. The van der Waals surface area contributed by atoms with Crippen LogP contribution in [0.1, 0.15) is 23.3 Å². The lowest BCUT2D eigenvalue weighted by atomic mass is 9.87. The van der Waals surface area contributed by atoms with Gasteiger partial charge in [-0.3, -0.25) is 4.79 Å². The Morgan fingerprint density at radius 2 is 1.21 bits per heavy atom. The summed E-state index contributed by atoms with van der Waals surface area (Å²) < 4.78 is 16.8. The average molecular weight is 534 g/mol. The number of benzene rings is 2. The van der Waals surface area contributed by atoms with Crippen LogP contribution in [0.5, 0.6) is 17.2 Å². The lowest BCUT2D eigenvalue weighted by molar-refractivity contribution is -0.191. The van der Waals surface area contributed by atoms with Gasteiger partial charge in [-0.25, -0.2) is 0 Å². The molecule has 0 spiro atoms. The zero-order chi connectivity index (χ0) is 27.5. The van der Waals surface area contributed by atoms with Crippen LogP contribution in [0.4, 0.5) is 0 Å². The minimum atomic E-state index is -1.85. The van der Waals surface area contributed by atoms with E-state index in [1.165, 1.54) is 24.3 Å². The third-order valence-corrected chi connectivity index (χ3v) is 6.92. The summed E-state index contributed by atoms with van der Waals surface area (Å²) in [7, 11) is 0. The SMILES string of the molecule is O=c1cc(-c2ccc(O)cc2)oc2c([C@H]3OC[C@H](O)[C@H](O)[C@H]3O)c(O)c([C@@H]3OC[C@@H](O)[C@H](O)[C@H]3O)c(O)c12. The second-order valence-corrected chi connectivity index (χ2v) is 9.36. The zero-order valence-corrected chi connectivity index (χ0v) is 19.6. The van der Waals surface area contributed by atoms with Gasteiger partial charge in [-0.05, 0) is 24.3 Å². The fraction of sp³-hybridized carbons (Fsp3) is 0.400. The highest BCUT2D eigenvalue weighted by atomic mass is 16.5. The minimum Gasteiger partial charge on any atom is -0.508 e. The topological polar surface area (TPSA) is 231 Å². The Hall–Kier alpha value is -3.27. The Kier molecular flexibility index (Phi) is 6.79. The number of aliphatic hydroxyl groups excluding tert-OH is 6. The van der Waals surface area contributed by atoms with Crippen molar-refractivity contribution < 1.29 is 59.8 Å². The molecule has 1 aromatic heterocycles. The average Bonchev–Trinajstić information content (AvgIpc) is 2.88. The number of hydrogen-bond donors (Lipinski definition) is 9. The number of aromatic hydroxyl groups is 3. The molecular weight excluding hydrogens is 508 g/mol. The lowest BCUT2D eigenvalue weighted by Crippen LogP contribution is -2.49. The summed E-state index contributed by atoms with van der Waals surface area (Å²) in [5.41, 5.74) is -1.86. The summed E-state index contributed by atoms with van der Waals surface area (Å²) in [4.78, 5) is 13.3. The van der Waals surface area contributed by atoms with Crippen molar-refractivity contribution >= 4 is 11.0 Å². The van der Waals surface area contributed by atoms with Gasteiger partial charge in [0.15, 0.2) is 11.0 Å². The minimum absolute atomic E-state index is 0.0475. The highest BCUT2D eigenvalue weighted by molar-refractivity contribution is 5.91. The molecule has 2 saturated heterocycles. The van der Waals surface area contributed by atoms with Crippen molar-refractivity contribution in [1.82, 2.24) is 0 Å². The highest BCUT2D eigenvalue weighted by Crippen LogP contribution is 2.50. The van der Waals surface area contributed by atoms with Crippen molar-refractivity contribution in [2.75, 3.05) is 13.2 Å². The number of phenolic OH excluding ortho intramolecular Hbond substituents is 3. The third kappa shape index (κ3) is 4.19. The van der Waals surface area contributed by atoms with Crippen LogP contribution in [0.2, 0.25) is 0 Å². The highest BCUT2D eigenvalue weighted by Gasteiger charge is 2.46. The number of rotatable bonds is 3. The van der Waals surface area contributed by atoms with Gasteiger partial charge in [0.05, 0.1) is 24.3 Å². The quantitative estimate of drug-likeness (QED) is 0.194. The summed E-state index contributed by atoms with van der Waals surface area (Å²) in [5.74, 6) is -1.80. The van der Waals surface area contributed by atoms with Gasteiger partial charge in [0.1, 0.15) is 77.2 Å².